The lowest BCUT2D eigenvalue weighted by Gasteiger charge is -2.15. The van der Waals surface area contributed by atoms with Gasteiger partial charge in [0.1, 0.15) is 0 Å². The molecule has 0 atom stereocenters. The Bertz CT molecular complexity index is 1070. The lowest BCUT2D eigenvalue weighted by molar-refractivity contribution is -0.125. The summed E-state index contributed by atoms with van der Waals surface area (Å²) in [5, 5.41) is 3.33. The van der Waals surface area contributed by atoms with Crippen LogP contribution in [0.5, 0.6) is 0 Å². The van der Waals surface area contributed by atoms with Gasteiger partial charge < -0.3 is 5.32 Å². The molecule has 2 heterocycles. The fourth-order valence-electron chi connectivity index (χ4n) is 2.62. The second-order valence-electron chi connectivity index (χ2n) is 5.74. The summed E-state index contributed by atoms with van der Waals surface area (Å²) in [5.74, 6) is 0. The molecular formula is C17H13Cl2F3N4OS. The van der Waals surface area contributed by atoms with E-state index in [4.69, 9.17) is 23.2 Å². The van der Waals surface area contributed by atoms with Crippen molar-refractivity contribution >= 4 is 45.9 Å². The fraction of sp³-hybridized carbons (Fsp3) is 0.235. The van der Waals surface area contributed by atoms with E-state index in [0.29, 0.717) is 10.7 Å². The van der Waals surface area contributed by atoms with Crippen LogP contribution in [-0.4, -0.2) is 33.5 Å². The van der Waals surface area contributed by atoms with Gasteiger partial charge in [-0.1, -0.05) is 41.0 Å². The molecule has 2 aromatic heterocycles. The standard InChI is InChI=1S/C17H13Cl2F3N4OS/c1-28-16-24-6-10-13(25-16)9(5-23-8-17(20,21)22)7-26(15(10)27)14-11(18)3-2-4-12(14)19/h2-4,6-7,23H,5,8H2,1H3. The van der Waals surface area contributed by atoms with Gasteiger partial charge in [0.05, 0.1) is 33.2 Å². The van der Waals surface area contributed by atoms with Crippen LogP contribution in [0.3, 0.4) is 0 Å². The molecule has 0 fully saturated rings. The molecule has 11 heteroatoms. The van der Waals surface area contributed by atoms with Gasteiger partial charge in [-0.2, -0.15) is 13.2 Å². The first-order valence-electron chi connectivity index (χ1n) is 7.88. The van der Waals surface area contributed by atoms with Crippen LogP contribution in [0, 0.1) is 0 Å². The number of aromatic nitrogens is 3. The third-order valence-electron chi connectivity index (χ3n) is 3.81. The minimum absolute atomic E-state index is 0.153. The van der Waals surface area contributed by atoms with Crippen LogP contribution < -0.4 is 10.9 Å². The van der Waals surface area contributed by atoms with E-state index in [1.165, 1.54) is 28.7 Å². The predicted octanol–water partition coefficient (Wildman–Crippen LogP) is 4.46. The summed E-state index contributed by atoms with van der Waals surface area (Å²) in [6.45, 7) is -1.34. The smallest absolute Gasteiger partial charge is 0.304 e. The van der Waals surface area contributed by atoms with Gasteiger partial charge in [-0.25, -0.2) is 9.97 Å². The average Bonchev–Trinajstić information content (AvgIpc) is 2.63. The second-order valence-corrected chi connectivity index (χ2v) is 7.33. The molecule has 1 aromatic carbocycles. The molecule has 148 valence electrons. The van der Waals surface area contributed by atoms with Crippen LogP contribution in [-0.2, 0) is 6.54 Å². The monoisotopic (exact) mass is 448 g/mol. The first-order chi connectivity index (χ1) is 13.2. The summed E-state index contributed by atoms with van der Waals surface area (Å²) in [6, 6.07) is 4.75. The summed E-state index contributed by atoms with van der Waals surface area (Å²) >= 11 is 13.7. The van der Waals surface area contributed by atoms with Crippen LogP contribution in [0.1, 0.15) is 5.56 Å². The Kier molecular flexibility index (Phi) is 6.18. The van der Waals surface area contributed by atoms with Crippen molar-refractivity contribution in [2.75, 3.05) is 12.8 Å². The maximum Gasteiger partial charge on any atom is 0.401 e. The Morgan fingerprint density at radius 3 is 2.54 bits per heavy atom. The SMILES string of the molecule is CSc1ncc2c(=O)n(-c3c(Cl)cccc3Cl)cc(CNCC(F)(F)F)c2n1. The molecule has 0 unspecified atom stereocenters. The number of thioether (sulfide) groups is 1. The molecule has 3 rings (SSSR count). The maximum absolute atomic E-state index is 13.0. The van der Waals surface area contributed by atoms with Gasteiger partial charge in [0.25, 0.3) is 5.56 Å². The normalized spacial score (nSPS) is 11.9. The van der Waals surface area contributed by atoms with Gasteiger partial charge >= 0.3 is 6.18 Å². The van der Waals surface area contributed by atoms with E-state index in [0.717, 1.165) is 0 Å². The Labute approximate surface area is 171 Å². The summed E-state index contributed by atoms with van der Waals surface area (Å²) < 4.78 is 38.8. The highest BCUT2D eigenvalue weighted by Crippen LogP contribution is 2.28. The molecule has 1 N–H and O–H groups in total. The Morgan fingerprint density at radius 1 is 1.25 bits per heavy atom. The Balaban J connectivity index is 2.21. The molecule has 28 heavy (non-hydrogen) atoms. The Hall–Kier alpha value is -1.81. The van der Waals surface area contributed by atoms with E-state index in [1.54, 1.807) is 24.5 Å². The van der Waals surface area contributed by atoms with Crippen molar-refractivity contribution in [1.29, 1.82) is 0 Å². The highest BCUT2D eigenvalue weighted by atomic mass is 35.5. The van der Waals surface area contributed by atoms with E-state index >= 15 is 0 Å². The number of para-hydroxylation sites is 1. The highest BCUT2D eigenvalue weighted by Gasteiger charge is 2.26. The first-order valence-corrected chi connectivity index (χ1v) is 9.86. The van der Waals surface area contributed by atoms with Crippen LogP contribution in [0.2, 0.25) is 10.0 Å². The summed E-state index contributed by atoms with van der Waals surface area (Å²) in [5.41, 5.74) is 0.423. The number of fused-ring (bicyclic) bond motifs is 1. The zero-order valence-electron chi connectivity index (χ0n) is 14.3. The molecule has 0 saturated carbocycles. The minimum atomic E-state index is -4.37. The number of nitrogens with zero attached hydrogens (tertiary/aromatic N) is 3. The lowest BCUT2D eigenvalue weighted by atomic mass is 10.2. The molecule has 0 aliphatic rings. The van der Waals surface area contributed by atoms with Crippen LogP contribution in [0.25, 0.3) is 16.6 Å². The van der Waals surface area contributed by atoms with Crippen molar-refractivity contribution in [1.82, 2.24) is 19.9 Å². The third-order valence-corrected chi connectivity index (χ3v) is 4.98. The number of hydrogen-bond acceptors (Lipinski definition) is 5. The van der Waals surface area contributed by atoms with Gasteiger partial charge in [-0.3, -0.25) is 9.36 Å². The van der Waals surface area contributed by atoms with Gasteiger partial charge in [-0.15, -0.1) is 0 Å². The van der Waals surface area contributed by atoms with Crippen molar-refractivity contribution in [3.8, 4) is 5.69 Å². The van der Waals surface area contributed by atoms with E-state index in [1.807, 2.05) is 0 Å². The van der Waals surface area contributed by atoms with E-state index < -0.39 is 18.3 Å². The third kappa shape index (κ3) is 4.43. The Morgan fingerprint density at radius 2 is 1.93 bits per heavy atom. The largest absolute Gasteiger partial charge is 0.401 e. The maximum atomic E-state index is 13.0. The number of benzene rings is 1. The predicted molar refractivity (Wildman–Crippen MR) is 105 cm³/mol. The summed E-state index contributed by atoms with van der Waals surface area (Å²) in [6.07, 6.45) is 0.145. The summed E-state index contributed by atoms with van der Waals surface area (Å²) in [7, 11) is 0. The molecule has 0 spiro atoms. The quantitative estimate of drug-likeness (QED) is 0.461. The molecule has 5 nitrogen and oxygen atoms in total. The van der Waals surface area contributed by atoms with Crippen molar-refractivity contribution < 1.29 is 13.2 Å². The molecule has 0 amide bonds. The lowest BCUT2D eigenvalue weighted by Crippen LogP contribution is -2.29. The van der Waals surface area contributed by atoms with Crippen LogP contribution >= 0.6 is 35.0 Å². The van der Waals surface area contributed by atoms with Crippen molar-refractivity contribution in [2.45, 2.75) is 17.9 Å². The number of nitrogens with one attached hydrogen (secondary N) is 1. The molecule has 0 bridgehead atoms. The first kappa shape index (κ1) is 20.9. The number of alkyl halides is 3. The van der Waals surface area contributed by atoms with Gasteiger partial charge in [0, 0.05) is 24.5 Å². The number of halogens is 5. The second kappa shape index (κ2) is 8.28. The zero-order valence-corrected chi connectivity index (χ0v) is 16.7. The van der Waals surface area contributed by atoms with Crippen LogP contribution in [0.15, 0.2) is 40.5 Å². The average molecular weight is 449 g/mol. The van der Waals surface area contributed by atoms with Gasteiger partial charge in [0.15, 0.2) is 5.16 Å². The van der Waals surface area contributed by atoms with Crippen molar-refractivity contribution in [3.05, 3.63) is 56.6 Å². The van der Waals surface area contributed by atoms with Gasteiger partial charge in [0.2, 0.25) is 0 Å². The summed E-state index contributed by atoms with van der Waals surface area (Å²) in [4.78, 5) is 21.4. The molecule has 0 saturated heterocycles. The van der Waals surface area contributed by atoms with Crippen LogP contribution in [0.4, 0.5) is 13.2 Å². The van der Waals surface area contributed by atoms with E-state index in [2.05, 4.69) is 15.3 Å². The number of rotatable bonds is 5. The molecule has 0 aliphatic carbocycles. The molecular weight excluding hydrogens is 436 g/mol. The zero-order chi connectivity index (χ0) is 20.5. The topological polar surface area (TPSA) is 59.8 Å². The van der Waals surface area contributed by atoms with Gasteiger partial charge in [-0.05, 0) is 18.4 Å². The molecule has 0 aliphatic heterocycles. The molecule has 0 radical (unpaired) electrons. The number of pyridine rings is 1. The number of hydrogen-bond donors (Lipinski definition) is 1. The van der Waals surface area contributed by atoms with E-state index in [9.17, 15) is 18.0 Å². The minimum Gasteiger partial charge on any atom is -0.304 e. The fourth-order valence-corrected chi connectivity index (χ4v) is 3.54. The van der Waals surface area contributed by atoms with E-state index in [-0.39, 0.29) is 33.2 Å². The molecule has 3 aromatic rings. The van der Waals surface area contributed by atoms with Crippen molar-refractivity contribution in [3.63, 3.8) is 0 Å². The highest BCUT2D eigenvalue weighted by molar-refractivity contribution is 7.98. The van der Waals surface area contributed by atoms with Crippen molar-refractivity contribution in [2.24, 2.45) is 0 Å².